The Hall–Kier alpha value is -4.16. The predicted octanol–water partition coefficient (Wildman–Crippen LogP) is 6.11. The summed E-state index contributed by atoms with van der Waals surface area (Å²) >= 11 is 6.06. The Morgan fingerprint density at radius 2 is 1.89 bits per heavy atom. The van der Waals surface area contributed by atoms with Crippen LogP contribution in [0, 0.1) is 0 Å². The van der Waals surface area contributed by atoms with Gasteiger partial charge >= 0.3 is 0 Å². The van der Waals surface area contributed by atoms with Crippen molar-refractivity contribution in [2.45, 2.75) is 24.8 Å². The number of benzene rings is 3. The molecule has 0 aliphatic heterocycles. The largest absolute Gasteiger partial charge is 0.493 e. The van der Waals surface area contributed by atoms with Crippen LogP contribution in [0.2, 0.25) is 5.02 Å². The molecule has 0 atom stereocenters. The highest BCUT2D eigenvalue weighted by Crippen LogP contribution is 2.48. The SMILES string of the molecule is O=C(NCc1cccnc1)c1ccc2c(c1)ncn2-c1cccc(OCC2(c3ccc(Cl)cc3)CC2)c1. The second-order valence-corrected chi connectivity index (χ2v) is 9.87. The van der Waals surface area contributed by atoms with Crippen molar-refractivity contribution in [1.82, 2.24) is 19.9 Å². The van der Waals surface area contributed by atoms with E-state index in [9.17, 15) is 4.79 Å². The quantitative estimate of drug-likeness (QED) is 0.274. The number of pyridine rings is 1. The highest BCUT2D eigenvalue weighted by atomic mass is 35.5. The number of fused-ring (bicyclic) bond motifs is 1. The summed E-state index contributed by atoms with van der Waals surface area (Å²) in [5, 5.41) is 3.68. The van der Waals surface area contributed by atoms with Gasteiger partial charge in [0.05, 0.1) is 23.3 Å². The molecule has 1 saturated carbocycles. The summed E-state index contributed by atoms with van der Waals surface area (Å²) in [5.41, 5.74) is 5.47. The Kier molecular flexibility index (Phi) is 6.10. The van der Waals surface area contributed by atoms with E-state index < -0.39 is 0 Å². The van der Waals surface area contributed by atoms with Gasteiger partial charge < -0.3 is 10.1 Å². The van der Waals surface area contributed by atoms with E-state index in [2.05, 4.69) is 27.4 Å². The van der Waals surface area contributed by atoms with E-state index in [0.29, 0.717) is 18.7 Å². The molecule has 0 radical (unpaired) electrons. The Balaban J connectivity index is 1.16. The van der Waals surface area contributed by atoms with Gasteiger partial charge in [0.25, 0.3) is 5.91 Å². The molecule has 1 fully saturated rings. The summed E-state index contributed by atoms with van der Waals surface area (Å²) in [6, 6.07) is 25.4. The molecule has 37 heavy (non-hydrogen) atoms. The maximum Gasteiger partial charge on any atom is 0.251 e. The Morgan fingerprint density at radius 3 is 2.68 bits per heavy atom. The number of hydrogen-bond donors (Lipinski definition) is 1. The fourth-order valence-corrected chi connectivity index (χ4v) is 4.69. The van der Waals surface area contributed by atoms with Gasteiger partial charge in [-0.15, -0.1) is 0 Å². The monoisotopic (exact) mass is 508 g/mol. The first-order chi connectivity index (χ1) is 18.1. The average Bonchev–Trinajstić information content (AvgIpc) is 3.62. The normalized spacial score (nSPS) is 13.9. The number of hydrogen-bond acceptors (Lipinski definition) is 4. The van der Waals surface area contributed by atoms with E-state index in [1.165, 1.54) is 5.56 Å². The minimum absolute atomic E-state index is 0.0658. The molecule has 1 N–H and O–H groups in total. The van der Waals surface area contributed by atoms with Crippen molar-refractivity contribution < 1.29 is 9.53 Å². The first-order valence-corrected chi connectivity index (χ1v) is 12.6. The van der Waals surface area contributed by atoms with Crippen LogP contribution in [-0.2, 0) is 12.0 Å². The molecule has 6 rings (SSSR count). The lowest BCUT2D eigenvalue weighted by atomic mass is 9.97. The molecule has 5 aromatic rings. The topological polar surface area (TPSA) is 69.0 Å². The standard InChI is InChI=1S/C30H25ClN4O2/c31-24-9-7-23(8-10-24)30(12-13-30)19-37-26-5-1-4-25(16-26)35-20-34-27-15-22(6-11-28(27)35)29(36)33-18-21-3-2-14-32-17-21/h1-11,14-17,20H,12-13,18-19H2,(H,33,36). The summed E-state index contributed by atoms with van der Waals surface area (Å²) in [6.07, 6.45) is 7.45. The third-order valence-electron chi connectivity index (χ3n) is 6.91. The lowest BCUT2D eigenvalue weighted by Gasteiger charge is -2.17. The van der Waals surface area contributed by atoms with Crippen molar-refractivity contribution in [1.29, 1.82) is 0 Å². The smallest absolute Gasteiger partial charge is 0.251 e. The number of rotatable bonds is 8. The summed E-state index contributed by atoms with van der Waals surface area (Å²) in [6.45, 7) is 1.05. The maximum atomic E-state index is 12.7. The van der Waals surface area contributed by atoms with Crippen molar-refractivity contribution in [3.05, 3.63) is 119 Å². The number of carbonyl (C=O) groups excluding carboxylic acids is 1. The van der Waals surface area contributed by atoms with Crippen LogP contribution in [0.4, 0.5) is 0 Å². The van der Waals surface area contributed by atoms with Crippen LogP contribution >= 0.6 is 11.6 Å². The molecule has 7 heteroatoms. The number of amides is 1. The first kappa shape index (κ1) is 23.3. The minimum atomic E-state index is -0.148. The number of nitrogens with zero attached hydrogens (tertiary/aromatic N) is 3. The average molecular weight is 509 g/mol. The van der Waals surface area contributed by atoms with Crippen molar-refractivity contribution in [3.8, 4) is 11.4 Å². The molecule has 6 nitrogen and oxygen atoms in total. The van der Waals surface area contributed by atoms with E-state index in [0.717, 1.165) is 45.9 Å². The van der Waals surface area contributed by atoms with E-state index in [1.54, 1.807) is 18.7 Å². The number of ether oxygens (including phenoxy) is 1. The van der Waals surface area contributed by atoms with Gasteiger partial charge in [0.15, 0.2) is 0 Å². The van der Waals surface area contributed by atoms with Gasteiger partial charge in [0.1, 0.15) is 12.1 Å². The van der Waals surface area contributed by atoms with Gasteiger partial charge in [-0.05, 0) is 72.5 Å². The molecular formula is C30H25ClN4O2. The zero-order valence-corrected chi connectivity index (χ0v) is 20.9. The second-order valence-electron chi connectivity index (χ2n) is 9.44. The van der Waals surface area contributed by atoms with Crippen molar-refractivity contribution in [2.75, 3.05) is 6.61 Å². The molecule has 0 bridgehead atoms. The number of imidazole rings is 1. The van der Waals surface area contributed by atoms with Gasteiger partial charge in [-0.3, -0.25) is 14.3 Å². The summed E-state index contributed by atoms with van der Waals surface area (Å²) in [4.78, 5) is 21.3. The number of aromatic nitrogens is 3. The Morgan fingerprint density at radius 1 is 1.03 bits per heavy atom. The van der Waals surface area contributed by atoms with Crippen LogP contribution < -0.4 is 10.1 Å². The molecule has 184 valence electrons. The lowest BCUT2D eigenvalue weighted by Crippen LogP contribution is -2.22. The van der Waals surface area contributed by atoms with Crippen LogP contribution in [0.5, 0.6) is 5.75 Å². The molecule has 0 spiro atoms. The highest BCUT2D eigenvalue weighted by Gasteiger charge is 2.45. The predicted molar refractivity (Wildman–Crippen MR) is 144 cm³/mol. The first-order valence-electron chi connectivity index (χ1n) is 12.2. The van der Waals surface area contributed by atoms with Crippen LogP contribution in [0.15, 0.2) is 97.6 Å². The minimum Gasteiger partial charge on any atom is -0.493 e. The molecular weight excluding hydrogens is 484 g/mol. The van der Waals surface area contributed by atoms with Crippen LogP contribution in [0.3, 0.4) is 0 Å². The summed E-state index contributed by atoms with van der Waals surface area (Å²) in [5.74, 6) is 0.663. The van der Waals surface area contributed by atoms with Gasteiger partial charge in [0, 0.05) is 41.0 Å². The second kappa shape index (κ2) is 9.71. The Bertz CT molecular complexity index is 1560. The molecule has 0 saturated heterocycles. The van der Waals surface area contributed by atoms with E-state index in [1.807, 2.05) is 71.3 Å². The van der Waals surface area contributed by atoms with Crippen molar-refractivity contribution in [2.24, 2.45) is 0 Å². The van der Waals surface area contributed by atoms with Crippen molar-refractivity contribution >= 4 is 28.5 Å². The highest BCUT2D eigenvalue weighted by molar-refractivity contribution is 6.30. The zero-order valence-electron chi connectivity index (χ0n) is 20.1. The van der Waals surface area contributed by atoms with E-state index in [4.69, 9.17) is 16.3 Å². The zero-order chi connectivity index (χ0) is 25.2. The fraction of sp³-hybridized carbons (Fsp3) is 0.167. The van der Waals surface area contributed by atoms with Crippen molar-refractivity contribution in [3.63, 3.8) is 0 Å². The third-order valence-corrected chi connectivity index (χ3v) is 7.16. The lowest BCUT2D eigenvalue weighted by molar-refractivity contribution is 0.0951. The molecule has 1 aliphatic carbocycles. The van der Waals surface area contributed by atoms with Crippen LogP contribution in [0.1, 0.15) is 34.3 Å². The maximum absolute atomic E-state index is 12.7. The van der Waals surface area contributed by atoms with Gasteiger partial charge in [-0.25, -0.2) is 4.98 Å². The Labute approximate surface area is 219 Å². The number of nitrogens with one attached hydrogen (secondary N) is 1. The molecule has 1 aliphatic rings. The van der Waals surface area contributed by atoms with Crippen LogP contribution in [-0.4, -0.2) is 27.0 Å². The summed E-state index contributed by atoms with van der Waals surface area (Å²) in [7, 11) is 0. The van der Waals surface area contributed by atoms with Gasteiger partial charge in [-0.2, -0.15) is 0 Å². The number of halogens is 1. The molecule has 2 aromatic heterocycles. The molecule has 3 aromatic carbocycles. The fourth-order valence-electron chi connectivity index (χ4n) is 4.56. The molecule has 2 heterocycles. The van der Waals surface area contributed by atoms with E-state index >= 15 is 0 Å². The van der Waals surface area contributed by atoms with Gasteiger partial charge in [-0.1, -0.05) is 35.9 Å². The number of carbonyl (C=O) groups is 1. The van der Waals surface area contributed by atoms with Gasteiger partial charge in [0.2, 0.25) is 0 Å². The van der Waals surface area contributed by atoms with Crippen LogP contribution in [0.25, 0.3) is 16.7 Å². The molecule has 1 amide bonds. The molecule has 0 unspecified atom stereocenters. The third kappa shape index (κ3) is 4.93. The summed E-state index contributed by atoms with van der Waals surface area (Å²) < 4.78 is 8.26. The van der Waals surface area contributed by atoms with E-state index in [-0.39, 0.29) is 11.3 Å².